The minimum atomic E-state index is -0.251. The number of carbonyl (C=O) groups excluding carboxylic acids is 2. The monoisotopic (exact) mass is 384 g/mol. The number of halogens is 1. The molecule has 2 aromatic rings. The van der Waals surface area contributed by atoms with Gasteiger partial charge in [0.05, 0.1) is 13.2 Å². The molecule has 27 heavy (non-hydrogen) atoms. The van der Waals surface area contributed by atoms with Gasteiger partial charge in [0.25, 0.3) is 5.91 Å². The molecule has 1 aliphatic heterocycles. The number of ether oxygens (including phenoxy) is 1. The topological polar surface area (TPSA) is 58.6 Å². The fourth-order valence-corrected chi connectivity index (χ4v) is 2.90. The summed E-state index contributed by atoms with van der Waals surface area (Å²) in [4.78, 5) is 26.3. The lowest BCUT2D eigenvalue weighted by atomic mass is 10.1. The number of morpholine rings is 1. The minimum absolute atomic E-state index is 0.0210. The molecule has 0 bridgehead atoms. The normalized spacial score (nSPS) is 14.4. The van der Waals surface area contributed by atoms with Crippen LogP contribution in [0, 0.1) is 6.92 Å². The summed E-state index contributed by atoms with van der Waals surface area (Å²) in [5.41, 5.74) is 3.07. The maximum Gasteiger partial charge on any atom is 0.254 e. The standard InChI is InChI=1S/C21H21ClN2O3/c1-15-2-3-16(14-19(15)22)4-9-20(25)23-18-7-5-17(6-8-18)21(26)24-10-12-27-13-11-24/h2-9,14H,10-13H2,1H3,(H,23,25)/b9-4+. The van der Waals surface area contributed by atoms with Crippen molar-refractivity contribution >= 4 is 35.2 Å². The fourth-order valence-electron chi connectivity index (χ4n) is 2.71. The van der Waals surface area contributed by atoms with E-state index in [4.69, 9.17) is 16.3 Å². The van der Waals surface area contributed by atoms with Gasteiger partial charge in [-0.3, -0.25) is 9.59 Å². The number of nitrogens with one attached hydrogen (secondary N) is 1. The summed E-state index contributed by atoms with van der Waals surface area (Å²) in [5.74, 6) is -0.272. The maximum absolute atomic E-state index is 12.4. The van der Waals surface area contributed by atoms with Gasteiger partial charge >= 0.3 is 0 Å². The Morgan fingerprint density at radius 2 is 1.81 bits per heavy atom. The van der Waals surface area contributed by atoms with Gasteiger partial charge in [-0.05, 0) is 54.5 Å². The summed E-state index contributed by atoms with van der Waals surface area (Å²) in [7, 11) is 0. The molecule has 1 N–H and O–H groups in total. The Bertz CT molecular complexity index is 856. The van der Waals surface area contributed by atoms with Crippen molar-refractivity contribution in [1.82, 2.24) is 4.90 Å². The second kappa shape index (κ2) is 8.84. The summed E-state index contributed by atoms with van der Waals surface area (Å²) in [6.07, 6.45) is 3.16. The number of rotatable bonds is 4. The van der Waals surface area contributed by atoms with Crippen molar-refractivity contribution in [1.29, 1.82) is 0 Å². The smallest absolute Gasteiger partial charge is 0.254 e. The Hall–Kier alpha value is -2.63. The number of nitrogens with zero attached hydrogens (tertiary/aromatic N) is 1. The highest BCUT2D eigenvalue weighted by atomic mass is 35.5. The molecule has 1 saturated heterocycles. The van der Waals surface area contributed by atoms with Crippen molar-refractivity contribution in [2.75, 3.05) is 31.6 Å². The van der Waals surface area contributed by atoms with Crippen molar-refractivity contribution < 1.29 is 14.3 Å². The average molecular weight is 385 g/mol. The number of hydrogen-bond donors (Lipinski definition) is 1. The minimum Gasteiger partial charge on any atom is -0.378 e. The SMILES string of the molecule is Cc1ccc(/C=C/C(=O)Nc2ccc(C(=O)N3CCOCC3)cc2)cc1Cl. The molecule has 140 valence electrons. The van der Waals surface area contributed by atoms with Gasteiger partial charge in [-0.2, -0.15) is 0 Å². The molecule has 0 aromatic heterocycles. The number of aryl methyl sites for hydroxylation is 1. The van der Waals surface area contributed by atoms with Crippen LogP contribution in [0.25, 0.3) is 6.08 Å². The Morgan fingerprint density at radius 1 is 1.11 bits per heavy atom. The van der Waals surface area contributed by atoms with E-state index in [0.29, 0.717) is 42.6 Å². The van der Waals surface area contributed by atoms with E-state index in [9.17, 15) is 9.59 Å². The number of anilines is 1. The highest BCUT2D eigenvalue weighted by Crippen LogP contribution is 2.18. The molecular weight excluding hydrogens is 364 g/mol. The molecule has 1 heterocycles. The van der Waals surface area contributed by atoms with E-state index in [0.717, 1.165) is 11.1 Å². The number of benzene rings is 2. The Labute approximate surface area is 163 Å². The van der Waals surface area contributed by atoms with Crippen LogP contribution in [0.2, 0.25) is 5.02 Å². The Balaban J connectivity index is 1.58. The zero-order chi connectivity index (χ0) is 19.2. The summed E-state index contributed by atoms with van der Waals surface area (Å²) >= 11 is 6.08. The number of amides is 2. The molecule has 5 nitrogen and oxygen atoms in total. The lowest BCUT2D eigenvalue weighted by molar-refractivity contribution is -0.111. The molecule has 0 saturated carbocycles. The predicted octanol–water partition coefficient (Wildman–Crippen LogP) is 3.77. The third-order valence-electron chi connectivity index (χ3n) is 4.32. The van der Waals surface area contributed by atoms with E-state index in [-0.39, 0.29) is 11.8 Å². The van der Waals surface area contributed by atoms with Gasteiger partial charge in [0, 0.05) is 35.4 Å². The number of hydrogen-bond acceptors (Lipinski definition) is 3. The van der Waals surface area contributed by atoms with E-state index in [2.05, 4.69) is 5.32 Å². The summed E-state index contributed by atoms with van der Waals surface area (Å²) < 4.78 is 5.26. The lowest BCUT2D eigenvalue weighted by Gasteiger charge is -2.26. The summed E-state index contributed by atoms with van der Waals surface area (Å²) in [5, 5.41) is 3.45. The average Bonchev–Trinajstić information content (AvgIpc) is 2.69. The van der Waals surface area contributed by atoms with Gasteiger partial charge in [-0.15, -0.1) is 0 Å². The Morgan fingerprint density at radius 3 is 2.48 bits per heavy atom. The van der Waals surface area contributed by atoms with Crippen LogP contribution in [0.5, 0.6) is 0 Å². The highest BCUT2D eigenvalue weighted by Gasteiger charge is 2.18. The van der Waals surface area contributed by atoms with Crippen LogP contribution in [0.1, 0.15) is 21.5 Å². The first kappa shape index (κ1) is 19.1. The second-order valence-electron chi connectivity index (χ2n) is 6.31. The molecule has 0 aliphatic carbocycles. The van der Waals surface area contributed by atoms with Gasteiger partial charge in [-0.25, -0.2) is 0 Å². The Kier molecular flexibility index (Phi) is 6.27. The largest absolute Gasteiger partial charge is 0.378 e. The van der Waals surface area contributed by atoms with Gasteiger partial charge in [0.2, 0.25) is 5.91 Å². The molecule has 2 aromatic carbocycles. The van der Waals surface area contributed by atoms with Gasteiger partial charge in [0.15, 0.2) is 0 Å². The molecule has 1 fully saturated rings. The first-order chi connectivity index (χ1) is 13.0. The molecule has 6 heteroatoms. The van der Waals surface area contributed by atoms with E-state index < -0.39 is 0 Å². The molecular formula is C21H21ClN2O3. The maximum atomic E-state index is 12.4. The molecule has 0 spiro atoms. The summed E-state index contributed by atoms with van der Waals surface area (Å²) in [6.45, 7) is 4.27. The van der Waals surface area contributed by atoms with Crippen LogP contribution in [0.15, 0.2) is 48.5 Å². The summed E-state index contributed by atoms with van der Waals surface area (Å²) in [6, 6.07) is 12.5. The van der Waals surface area contributed by atoms with Gasteiger partial charge in [-0.1, -0.05) is 23.7 Å². The molecule has 0 unspecified atom stereocenters. The van der Waals surface area contributed by atoms with Crippen molar-refractivity contribution in [2.24, 2.45) is 0 Å². The number of carbonyl (C=O) groups is 2. The lowest BCUT2D eigenvalue weighted by Crippen LogP contribution is -2.40. The van der Waals surface area contributed by atoms with Crippen molar-refractivity contribution in [3.63, 3.8) is 0 Å². The van der Waals surface area contributed by atoms with E-state index in [1.807, 2.05) is 25.1 Å². The van der Waals surface area contributed by atoms with Crippen molar-refractivity contribution in [2.45, 2.75) is 6.92 Å². The van der Waals surface area contributed by atoms with Gasteiger partial charge < -0.3 is 15.0 Å². The van der Waals surface area contributed by atoms with Crippen LogP contribution in [-0.2, 0) is 9.53 Å². The van der Waals surface area contributed by atoms with E-state index >= 15 is 0 Å². The van der Waals surface area contributed by atoms with Crippen LogP contribution in [0.4, 0.5) is 5.69 Å². The van der Waals surface area contributed by atoms with Crippen LogP contribution in [-0.4, -0.2) is 43.0 Å². The van der Waals surface area contributed by atoms with E-state index in [1.54, 1.807) is 35.2 Å². The first-order valence-electron chi connectivity index (χ1n) is 8.75. The molecule has 1 aliphatic rings. The third kappa shape index (κ3) is 5.18. The molecule has 0 atom stereocenters. The third-order valence-corrected chi connectivity index (χ3v) is 4.73. The second-order valence-corrected chi connectivity index (χ2v) is 6.72. The van der Waals surface area contributed by atoms with Crippen LogP contribution < -0.4 is 5.32 Å². The van der Waals surface area contributed by atoms with Crippen LogP contribution >= 0.6 is 11.6 Å². The van der Waals surface area contributed by atoms with Gasteiger partial charge in [0.1, 0.15) is 0 Å². The van der Waals surface area contributed by atoms with Crippen molar-refractivity contribution in [3.05, 3.63) is 70.3 Å². The molecule has 0 radical (unpaired) electrons. The fraction of sp³-hybridized carbons (Fsp3) is 0.238. The predicted molar refractivity (Wildman–Crippen MR) is 107 cm³/mol. The van der Waals surface area contributed by atoms with Crippen LogP contribution in [0.3, 0.4) is 0 Å². The molecule has 3 rings (SSSR count). The van der Waals surface area contributed by atoms with Crippen molar-refractivity contribution in [3.8, 4) is 0 Å². The quantitative estimate of drug-likeness (QED) is 0.816. The molecule has 2 amide bonds. The first-order valence-corrected chi connectivity index (χ1v) is 9.13. The van der Waals surface area contributed by atoms with E-state index in [1.165, 1.54) is 6.08 Å². The zero-order valence-electron chi connectivity index (χ0n) is 15.1. The zero-order valence-corrected chi connectivity index (χ0v) is 15.8. The highest BCUT2D eigenvalue weighted by molar-refractivity contribution is 6.31.